The zero-order valence-electron chi connectivity index (χ0n) is 15.3. The van der Waals surface area contributed by atoms with Gasteiger partial charge in [-0.05, 0) is 19.3 Å². The van der Waals surface area contributed by atoms with Gasteiger partial charge in [0.25, 0.3) is 0 Å². The summed E-state index contributed by atoms with van der Waals surface area (Å²) >= 11 is 0. The highest BCUT2D eigenvalue weighted by Crippen LogP contribution is 2.24. The molecule has 1 unspecified atom stereocenters. The Hall–Kier alpha value is -2.35. The highest BCUT2D eigenvalue weighted by Gasteiger charge is 2.18. The number of hydrogen-bond acceptors (Lipinski definition) is 7. The number of aryl methyl sites for hydroxylation is 1. The Kier molecular flexibility index (Phi) is 6.27. The molecule has 0 bridgehead atoms. The van der Waals surface area contributed by atoms with Gasteiger partial charge >= 0.3 is 0 Å². The average Bonchev–Trinajstić information content (AvgIpc) is 3.15. The van der Waals surface area contributed by atoms with E-state index < -0.39 is 0 Å². The lowest BCUT2D eigenvalue weighted by atomic mass is 10.1. The summed E-state index contributed by atoms with van der Waals surface area (Å²) in [7, 11) is 0. The first-order chi connectivity index (χ1) is 12.6. The van der Waals surface area contributed by atoms with Crippen LogP contribution in [-0.2, 0) is 22.5 Å². The molecule has 8 heteroatoms. The van der Waals surface area contributed by atoms with Crippen LogP contribution in [0.15, 0.2) is 16.9 Å². The molecular weight excluding hydrogens is 334 g/mol. The van der Waals surface area contributed by atoms with E-state index in [1.54, 1.807) is 12.4 Å². The number of aromatic nitrogens is 4. The molecule has 0 radical (unpaired) electrons. The topological polar surface area (TPSA) is 103 Å². The molecule has 1 N–H and O–H groups in total. The average molecular weight is 359 g/mol. The van der Waals surface area contributed by atoms with Crippen molar-refractivity contribution in [2.45, 2.75) is 64.5 Å². The van der Waals surface area contributed by atoms with Crippen LogP contribution in [0.25, 0.3) is 0 Å². The Balaban J connectivity index is 1.42. The van der Waals surface area contributed by atoms with E-state index in [-0.39, 0.29) is 17.9 Å². The summed E-state index contributed by atoms with van der Waals surface area (Å²) in [6.07, 6.45) is 7.42. The second kappa shape index (κ2) is 8.84. The number of amides is 1. The van der Waals surface area contributed by atoms with Gasteiger partial charge in [-0.25, -0.2) is 9.97 Å². The van der Waals surface area contributed by atoms with Crippen molar-refractivity contribution in [1.29, 1.82) is 0 Å². The quantitative estimate of drug-likeness (QED) is 0.810. The van der Waals surface area contributed by atoms with Gasteiger partial charge in [-0.15, -0.1) is 0 Å². The molecule has 2 aromatic heterocycles. The molecule has 1 saturated heterocycles. The third-order valence-electron chi connectivity index (χ3n) is 4.25. The summed E-state index contributed by atoms with van der Waals surface area (Å²) in [6, 6.07) is 0. The SMILES string of the molecule is CC(C)c1noc(CCC(=O)NCc2cnc(C3CCCCO3)nc2)n1. The molecule has 1 aliphatic rings. The molecule has 1 aliphatic heterocycles. The van der Waals surface area contributed by atoms with Crippen LogP contribution in [-0.4, -0.2) is 32.6 Å². The zero-order valence-corrected chi connectivity index (χ0v) is 15.3. The summed E-state index contributed by atoms with van der Waals surface area (Å²) in [5.74, 6) is 2.01. The van der Waals surface area contributed by atoms with Gasteiger partial charge in [0, 0.05) is 49.9 Å². The number of ether oxygens (including phenoxy) is 1. The molecule has 1 amide bonds. The summed E-state index contributed by atoms with van der Waals surface area (Å²) < 4.78 is 10.8. The lowest BCUT2D eigenvalue weighted by Gasteiger charge is -2.21. The lowest BCUT2D eigenvalue weighted by molar-refractivity contribution is -0.121. The minimum atomic E-state index is -0.0750. The van der Waals surface area contributed by atoms with E-state index in [1.807, 2.05) is 13.8 Å². The Morgan fingerprint density at radius 2 is 2.12 bits per heavy atom. The van der Waals surface area contributed by atoms with Crippen molar-refractivity contribution in [3.8, 4) is 0 Å². The van der Waals surface area contributed by atoms with E-state index in [4.69, 9.17) is 9.26 Å². The van der Waals surface area contributed by atoms with Gasteiger partial charge in [-0.1, -0.05) is 19.0 Å². The number of carbonyl (C=O) groups is 1. The monoisotopic (exact) mass is 359 g/mol. The molecule has 1 fully saturated rings. The number of rotatable bonds is 7. The second-order valence-electron chi connectivity index (χ2n) is 6.78. The Labute approximate surface area is 152 Å². The van der Waals surface area contributed by atoms with Crippen LogP contribution in [0.2, 0.25) is 0 Å². The maximum absolute atomic E-state index is 12.0. The molecule has 8 nitrogen and oxygen atoms in total. The normalized spacial score (nSPS) is 17.4. The van der Waals surface area contributed by atoms with Crippen molar-refractivity contribution < 1.29 is 14.1 Å². The van der Waals surface area contributed by atoms with Crippen molar-refractivity contribution in [2.24, 2.45) is 0 Å². The van der Waals surface area contributed by atoms with Crippen LogP contribution in [0.3, 0.4) is 0 Å². The highest BCUT2D eigenvalue weighted by atomic mass is 16.5. The molecule has 3 heterocycles. The van der Waals surface area contributed by atoms with Crippen LogP contribution in [0.1, 0.15) is 74.7 Å². The van der Waals surface area contributed by atoms with Gasteiger partial charge in [-0.2, -0.15) is 4.98 Å². The highest BCUT2D eigenvalue weighted by molar-refractivity contribution is 5.75. The van der Waals surface area contributed by atoms with E-state index in [0.29, 0.717) is 31.1 Å². The number of nitrogens with zero attached hydrogens (tertiary/aromatic N) is 4. The van der Waals surface area contributed by atoms with E-state index in [9.17, 15) is 4.79 Å². The fourth-order valence-corrected chi connectivity index (χ4v) is 2.68. The number of hydrogen-bond donors (Lipinski definition) is 1. The largest absolute Gasteiger partial charge is 0.370 e. The molecular formula is C18H25N5O3. The fourth-order valence-electron chi connectivity index (χ4n) is 2.68. The van der Waals surface area contributed by atoms with Crippen molar-refractivity contribution in [3.05, 3.63) is 35.5 Å². The lowest BCUT2D eigenvalue weighted by Crippen LogP contribution is -2.23. The Bertz CT molecular complexity index is 708. The Morgan fingerprint density at radius 1 is 1.31 bits per heavy atom. The van der Waals surface area contributed by atoms with Gasteiger partial charge in [0.15, 0.2) is 11.6 Å². The maximum Gasteiger partial charge on any atom is 0.227 e. The van der Waals surface area contributed by atoms with Crippen LogP contribution in [0.5, 0.6) is 0 Å². The van der Waals surface area contributed by atoms with Gasteiger partial charge < -0.3 is 14.6 Å². The van der Waals surface area contributed by atoms with Crippen LogP contribution < -0.4 is 5.32 Å². The predicted octanol–water partition coefficient (Wildman–Crippen LogP) is 2.47. The minimum Gasteiger partial charge on any atom is -0.370 e. The van der Waals surface area contributed by atoms with Crippen LogP contribution in [0, 0.1) is 0 Å². The zero-order chi connectivity index (χ0) is 18.4. The smallest absolute Gasteiger partial charge is 0.227 e. The summed E-state index contributed by atoms with van der Waals surface area (Å²) in [5.41, 5.74) is 0.859. The molecule has 26 heavy (non-hydrogen) atoms. The predicted molar refractivity (Wildman–Crippen MR) is 93.1 cm³/mol. The third kappa shape index (κ3) is 5.08. The molecule has 0 saturated carbocycles. The van der Waals surface area contributed by atoms with Crippen molar-refractivity contribution in [2.75, 3.05) is 6.61 Å². The van der Waals surface area contributed by atoms with Gasteiger partial charge in [-0.3, -0.25) is 4.79 Å². The first kappa shape index (κ1) is 18.4. The molecule has 0 spiro atoms. The van der Waals surface area contributed by atoms with E-state index in [0.717, 1.165) is 37.3 Å². The van der Waals surface area contributed by atoms with E-state index in [1.165, 1.54) is 0 Å². The maximum atomic E-state index is 12.0. The summed E-state index contributed by atoms with van der Waals surface area (Å²) in [6.45, 7) is 5.15. The first-order valence-electron chi connectivity index (χ1n) is 9.13. The molecule has 2 aromatic rings. The van der Waals surface area contributed by atoms with Crippen molar-refractivity contribution >= 4 is 5.91 Å². The Morgan fingerprint density at radius 3 is 2.77 bits per heavy atom. The first-order valence-corrected chi connectivity index (χ1v) is 9.13. The fraction of sp³-hybridized carbons (Fsp3) is 0.611. The summed E-state index contributed by atoms with van der Waals surface area (Å²) in [5, 5.41) is 6.75. The number of carbonyl (C=O) groups excluding carboxylic acids is 1. The summed E-state index contributed by atoms with van der Waals surface area (Å²) in [4.78, 5) is 25.0. The number of nitrogens with one attached hydrogen (secondary N) is 1. The molecule has 3 rings (SSSR count). The van der Waals surface area contributed by atoms with Gasteiger partial charge in [0.2, 0.25) is 11.8 Å². The van der Waals surface area contributed by atoms with Crippen LogP contribution in [0.4, 0.5) is 0 Å². The molecule has 0 aliphatic carbocycles. The molecule has 0 aromatic carbocycles. The van der Waals surface area contributed by atoms with Crippen LogP contribution >= 0.6 is 0 Å². The van der Waals surface area contributed by atoms with Crippen molar-refractivity contribution in [3.63, 3.8) is 0 Å². The van der Waals surface area contributed by atoms with Gasteiger partial charge in [0.05, 0.1) is 0 Å². The standard InChI is InChI=1S/C18H25N5O3/c1-12(2)17-22-16(26-23-17)7-6-15(24)19-9-13-10-20-18(21-11-13)14-5-3-4-8-25-14/h10-12,14H,3-9H2,1-2H3,(H,19,24). The van der Waals surface area contributed by atoms with E-state index >= 15 is 0 Å². The van der Waals surface area contributed by atoms with Gasteiger partial charge in [0.1, 0.15) is 6.10 Å². The molecule has 1 atom stereocenters. The van der Waals surface area contributed by atoms with Crippen molar-refractivity contribution in [1.82, 2.24) is 25.4 Å². The second-order valence-corrected chi connectivity index (χ2v) is 6.78. The third-order valence-corrected chi connectivity index (χ3v) is 4.25. The molecule has 140 valence electrons. The van der Waals surface area contributed by atoms with E-state index in [2.05, 4.69) is 25.4 Å². The minimum absolute atomic E-state index is 0.00229.